The van der Waals surface area contributed by atoms with E-state index in [2.05, 4.69) is 4.98 Å². The summed E-state index contributed by atoms with van der Waals surface area (Å²) in [7, 11) is 1.76. The Balaban J connectivity index is 1.52. The van der Waals surface area contributed by atoms with Crippen LogP contribution in [0.15, 0.2) is 53.8 Å². The van der Waals surface area contributed by atoms with Crippen molar-refractivity contribution in [3.8, 4) is 5.69 Å². The Morgan fingerprint density at radius 1 is 1.06 bits per heavy atom. The van der Waals surface area contributed by atoms with Crippen LogP contribution in [-0.4, -0.2) is 36.0 Å². The van der Waals surface area contributed by atoms with Gasteiger partial charge in [-0.1, -0.05) is 0 Å². The molecule has 0 spiro atoms. The van der Waals surface area contributed by atoms with Gasteiger partial charge < -0.3 is 18.6 Å². The van der Waals surface area contributed by atoms with Gasteiger partial charge in [0.2, 0.25) is 0 Å². The van der Waals surface area contributed by atoms with Crippen LogP contribution in [0.2, 0.25) is 0 Å². The molecule has 0 fully saturated rings. The molecule has 0 saturated heterocycles. The largest absolute Gasteiger partial charge is 0.416 e. The summed E-state index contributed by atoms with van der Waals surface area (Å²) in [5, 5.41) is 0.450. The first kappa shape index (κ1) is 22.0. The Labute approximate surface area is 192 Å². The van der Waals surface area contributed by atoms with Gasteiger partial charge in [-0.3, -0.25) is 9.59 Å². The molecule has 0 bridgehead atoms. The predicted molar refractivity (Wildman–Crippen MR) is 120 cm³/mol. The summed E-state index contributed by atoms with van der Waals surface area (Å²) in [5.74, 6) is -0.340. The van der Waals surface area contributed by atoms with Crippen LogP contribution in [0, 0.1) is 6.92 Å². The molecule has 1 amide bonds. The Hall–Kier alpha value is -3.82. The van der Waals surface area contributed by atoms with Crippen LogP contribution in [0.1, 0.15) is 40.3 Å². The van der Waals surface area contributed by atoms with E-state index in [-0.39, 0.29) is 30.2 Å². The van der Waals surface area contributed by atoms with Crippen molar-refractivity contribution >= 4 is 16.8 Å². The lowest BCUT2D eigenvalue weighted by Crippen LogP contribution is -2.45. The number of imidazole rings is 1. The summed E-state index contributed by atoms with van der Waals surface area (Å²) in [4.78, 5) is 32.2. The fraction of sp³-hybridized carbons (Fsp3) is 0.292. The molecule has 4 aromatic rings. The van der Waals surface area contributed by atoms with Crippen LogP contribution in [0.5, 0.6) is 0 Å². The fourth-order valence-electron chi connectivity index (χ4n) is 4.65. The van der Waals surface area contributed by atoms with E-state index in [4.69, 9.17) is 0 Å². The van der Waals surface area contributed by atoms with E-state index >= 15 is 0 Å². The second kappa shape index (κ2) is 7.61. The van der Waals surface area contributed by atoms with E-state index in [0.29, 0.717) is 22.2 Å². The van der Waals surface area contributed by atoms with E-state index < -0.39 is 17.8 Å². The monoisotopic (exact) mass is 469 g/mol. The highest BCUT2D eigenvalue weighted by Crippen LogP contribution is 2.36. The summed E-state index contributed by atoms with van der Waals surface area (Å²) in [6.07, 6.45) is 0.582. The Kier molecular flexibility index (Phi) is 4.92. The summed E-state index contributed by atoms with van der Waals surface area (Å²) in [5.41, 5.74) is 1.66. The van der Waals surface area contributed by atoms with Crippen LogP contribution in [-0.2, 0) is 19.8 Å². The van der Waals surface area contributed by atoms with Crippen LogP contribution in [0.25, 0.3) is 16.6 Å². The third kappa shape index (κ3) is 3.41. The molecular weight excluding hydrogens is 447 g/mol. The first-order chi connectivity index (χ1) is 16.1. The topological polar surface area (TPSA) is 65.1 Å². The second-order valence-corrected chi connectivity index (χ2v) is 8.58. The molecule has 4 heterocycles. The first-order valence-electron chi connectivity index (χ1n) is 10.8. The molecule has 1 aliphatic heterocycles. The zero-order valence-corrected chi connectivity index (χ0v) is 18.8. The number of alkyl halides is 3. The van der Waals surface area contributed by atoms with E-state index in [1.54, 1.807) is 58.9 Å². The molecule has 0 aliphatic carbocycles. The van der Waals surface area contributed by atoms with Gasteiger partial charge in [0.15, 0.2) is 0 Å². The lowest BCUT2D eigenvalue weighted by molar-refractivity contribution is -0.137. The van der Waals surface area contributed by atoms with Gasteiger partial charge in [0.05, 0.1) is 23.6 Å². The Bertz CT molecular complexity index is 1490. The van der Waals surface area contributed by atoms with Gasteiger partial charge in [-0.05, 0) is 49.7 Å². The maximum Gasteiger partial charge on any atom is 0.416 e. The van der Waals surface area contributed by atoms with Gasteiger partial charge in [-0.2, -0.15) is 13.2 Å². The van der Waals surface area contributed by atoms with Gasteiger partial charge >= 0.3 is 6.18 Å². The average Bonchev–Trinajstić information content (AvgIpc) is 3.36. The molecule has 1 aliphatic rings. The SMILES string of the molecule is Cc1cn(-c2ccc3n(c2=O)CCN([C@H](C)c2cn(C)c4ccc(C(F)(F)F)cc24)C3=O)cn1. The summed E-state index contributed by atoms with van der Waals surface area (Å²) < 4.78 is 44.8. The number of nitrogens with zero attached hydrogens (tertiary/aromatic N) is 5. The summed E-state index contributed by atoms with van der Waals surface area (Å²) >= 11 is 0. The molecule has 34 heavy (non-hydrogen) atoms. The third-order valence-corrected chi connectivity index (χ3v) is 6.45. The first-order valence-corrected chi connectivity index (χ1v) is 10.8. The minimum absolute atomic E-state index is 0.250. The molecule has 176 valence electrons. The third-order valence-electron chi connectivity index (χ3n) is 6.45. The number of benzene rings is 1. The zero-order chi connectivity index (χ0) is 24.4. The number of aryl methyl sites for hydroxylation is 2. The maximum atomic E-state index is 13.4. The van der Waals surface area contributed by atoms with Gasteiger partial charge in [-0.25, -0.2) is 4.98 Å². The molecule has 10 heteroatoms. The van der Waals surface area contributed by atoms with Crippen molar-refractivity contribution in [3.63, 3.8) is 0 Å². The number of amides is 1. The number of hydrogen-bond acceptors (Lipinski definition) is 3. The molecule has 0 N–H and O–H groups in total. The molecule has 1 aromatic carbocycles. The lowest BCUT2D eigenvalue weighted by Gasteiger charge is -2.34. The number of aromatic nitrogens is 4. The number of hydrogen-bond donors (Lipinski definition) is 0. The molecule has 0 radical (unpaired) electrons. The minimum Gasteiger partial charge on any atom is -0.350 e. The second-order valence-electron chi connectivity index (χ2n) is 8.58. The van der Waals surface area contributed by atoms with Crippen molar-refractivity contribution in [3.05, 3.63) is 81.9 Å². The van der Waals surface area contributed by atoms with E-state index in [1.807, 2.05) is 6.92 Å². The number of rotatable bonds is 3. The van der Waals surface area contributed by atoms with Gasteiger partial charge in [0.25, 0.3) is 11.5 Å². The van der Waals surface area contributed by atoms with Crippen molar-refractivity contribution in [2.24, 2.45) is 7.05 Å². The Morgan fingerprint density at radius 3 is 2.50 bits per heavy atom. The van der Waals surface area contributed by atoms with E-state index in [0.717, 1.165) is 17.8 Å². The quantitative estimate of drug-likeness (QED) is 0.455. The van der Waals surface area contributed by atoms with Crippen molar-refractivity contribution in [2.45, 2.75) is 32.6 Å². The van der Waals surface area contributed by atoms with Crippen LogP contribution in [0.4, 0.5) is 13.2 Å². The molecule has 3 aromatic heterocycles. The highest BCUT2D eigenvalue weighted by Gasteiger charge is 2.33. The van der Waals surface area contributed by atoms with Crippen LogP contribution in [0.3, 0.4) is 0 Å². The standard InChI is InChI=1S/C24H22F3N5O2/c1-14-11-30(13-28-14)20-6-7-21-23(34)31(8-9-32(21)22(20)33)15(2)18-12-29(3)19-5-4-16(10-17(18)19)24(25,26)27/h4-7,10-13,15H,8-9H2,1-3H3/t15-/m1/s1. The van der Waals surface area contributed by atoms with E-state index in [9.17, 15) is 22.8 Å². The van der Waals surface area contributed by atoms with Gasteiger partial charge in [-0.15, -0.1) is 0 Å². The number of halogens is 3. The molecule has 0 saturated carbocycles. The summed E-state index contributed by atoms with van der Waals surface area (Å²) in [6.45, 7) is 4.16. The van der Waals surface area contributed by atoms with Crippen LogP contribution < -0.4 is 5.56 Å². The smallest absolute Gasteiger partial charge is 0.350 e. The maximum absolute atomic E-state index is 13.4. The number of fused-ring (bicyclic) bond motifs is 2. The molecular formula is C24H22F3N5O2. The van der Waals surface area contributed by atoms with Crippen molar-refractivity contribution in [1.82, 2.24) is 23.6 Å². The summed E-state index contributed by atoms with van der Waals surface area (Å²) in [6, 6.07) is 6.35. The average molecular weight is 469 g/mol. The van der Waals surface area contributed by atoms with Gasteiger partial charge in [0, 0.05) is 43.4 Å². The van der Waals surface area contributed by atoms with E-state index in [1.165, 1.54) is 10.6 Å². The highest BCUT2D eigenvalue weighted by atomic mass is 19.4. The zero-order valence-electron chi connectivity index (χ0n) is 18.8. The van der Waals surface area contributed by atoms with Crippen molar-refractivity contribution in [1.29, 1.82) is 0 Å². The molecule has 5 rings (SSSR count). The predicted octanol–water partition coefficient (Wildman–Crippen LogP) is 4.07. The molecule has 1 atom stereocenters. The number of pyridine rings is 1. The fourth-order valence-corrected chi connectivity index (χ4v) is 4.65. The molecule has 0 unspecified atom stereocenters. The highest BCUT2D eigenvalue weighted by molar-refractivity contribution is 5.94. The number of carbonyl (C=O) groups excluding carboxylic acids is 1. The normalized spacial score (nSPS) is 15.1. The van der Waals surface area contributed by atoms with Gasteiger partial charge in [0.1, 0.15) is 11.4 Å². The number of carbonyl (C=O) groups is 1. The van der Waals surface area contributed by atoms with Crippen molar-refractivity contribution < 1.29 is 18.0 Å². The van der Waals surface area contributed by atoms with Crippen molar-refractivity contribution in [2.75, 3.05) is 6.54 Å². The lowest BCUT2D eigenvalue weighted by atomic mass is 10.0. The molecule has 7 nitrogen and oxygen atoms in total. The minimum atomic E-state index is -4.46. The van der Waals surface area contributed by atoms with Crippen LogP contribution >= 0.6 is 0 Å². The Morgan fingerprint density at radius 2 is 1.82 bits per heavy atom.